The van der Waals surface area contributed by atoms with Crippen LogP contribution in [0.5, 0.6) is 0 Å². The third-order valence-electron chi connectivity index (χ3n) is 3.80. The maximum absolute atomic E-state index is 9.50. The molecule has 21 heavy (non-hydrogen) atoms. The van der Waals surface area contributed by atoms with Crippen molar-refractivity contribution >= 4 is 17.8 Å². The van der Waals surface area contributed by atoms with Crippen molar-refractivity contribution in [1.29, 1.82) is 0 Å². The fourth-order valence-corrected chi connectivity index (χ4v) is 2.22. The maximum atomic E-state index is 9.50. The molecule has 1 fully saturated rings. The predicted octanol–water partition coefficient (Wildman–Crippen LogP) is -0.697. The van der Waals surface area contributed by atoms with Gasteiger partial charge in [0.25, 0.3) is 0 Å². The van der Waals surface area contributed by atoms with Crippen LogP contribution in [0.15, 0.2) is 0 Å². The van der Waals surface area contributed by atoms with Gasteiger partial charge in [-0.2, -0.15) is 15.0 Å². The van der Waals surface area contributed by atoms with Crippen LogP contribution in [-0.2, 0) is 0 Å². The second kappa shape index (κ2) is 6.83. The van der Waals surface area contributed by atoms with Crippen molar-refractivity contribution in [3.8, 4) is 0 Å². The van der Waals surface area contributed by atoms with Crippen LogP contribution in [0.25, 0.3) is 0 Å². The molecule has 1 aliphatic heterocycles. The first kappa shape index (κ1) is 15.7. The Balaban J connectivity index is 2.27. The van der Waals surface area contributed by atoms with Gasteiger partial charge in [-0.15, -0.1) is 0 Å². The molecule has 1 aromatic rings. The van der Waals surface area contributed by atoms with Gasteiger partial charge in [0, 0.05) is 13.1 Å². The fraction of sp³-hybridized carbons (Fsp3) is 0.750. The average molecular weight is 297 g/mol. The summed E-state index contributed by atoms with van der Waals surface area (Å²) in [5.74, 6) is 6.47. The third kappa shape index (κ3) is 3.49. The second-order valence-corrected chi connectivity index (χ2v) is 5.20. The molecule has 2 rings (SSSR count). The molecule has 0 aromatic carbocycles. The summed E-state index contributed by atoms with van der Waals surface area (Å²) in [5, 5.41) is 22.0. The highest BCUT2D eigenvalue weighted by Gasteiger charge is 2.28. The van der Waals surface area contributed by atoms with E-state index < -0.39 is 5.54 Å². The number of nitrogens with two attached hydrogens (primary N) is 1. The normalized spacial score (nSPS) is 15.3. The molecule has 0 saturated carbocycles. The summed E-state index contributed by atoms with van der Waals surface area (Å²) in [6.07, 6.45) is 2.73. The Labute approximate surface area is 123 Å². The van der Waals surface area contributed by atoms with Gasteiger partial charge in [0.2, 0.25) is 17.8 Å². The summed E-state index contributed by atoms with van der Waals surface area (Å²) in [6.45, 7) is 3.20. The van der Waals surface area contributed by atoms with Gasteiger partial charge in [0.15, 0.2) is 0 Å². The topological polar surface area (TPSA) is 132 Å². The molecular weight excluding hydrogens is 274 g/mol. The van der Waals surface area contributed by atoms with Gasteiger partial charge >= 0.3 is 0 Å². The minimum atomic E-state index is -0.866. The fourth-order valence-electron chi connectivity index (χ4n) is 2.22. The van der Waals surface area contributed by atoms with E-state index in [0.717, 1.165) is 25.9 Å². The van der Waals surface area contributed by atoms with Crippen molar-refractivity contribution in [3.05, 3.63) is 0 Å². The molecule has 9 nitrogen and oxygen atoms in total. The molecule has 0 aliphatic carbocycles. The van der Waals surface area contributed by atoms with E-state index in [4.69, 9.17) is 5.84 Å². The molecule has 0 bridgehead atoms. The Kier molecular flexibility index (Phi) is 5.10. The van der Waals surface area contributed by atoms with Crippen molar-refractivity contribution in [3.63, 3.8) is 0 Å². The number of rotatable bonds is 7. The summed E-state index contributed by atoms with van der Waals surface area (Å²) in [7, 11) is 0. The third-order valence-corrected chi connectivity index (χ3v) is 3.80. The zero-order chi connectivity index (χ0) is 15.3. The van der Waals surface area contributed by atoms with Gasteiger partial charge in [-0.1, -0.05) is 6.92 Å². The Morgan fingerprint density at radius 2 is 1.76 bits per heavy atom. The number of aliphatic hydroxyl groups excluding tert-OH is 2. The van der Waals surface area contributed by atoms with E-state index in [1.54, 1.807) is 0 Å². The lowest BCUT2D eigenvalue weighted by Gasteiger charge is -2.30. The number of aliphatic hydroxyl groups is 2. The van der Waals surface area contributed by atoms with Crippen molar-refractivity contribution in [2.45, 2.75) is 31.7 Å². The van der Waals surface area contributed by atoms with Crippen LogP contribution in [0, 0.1) is 0 Å². The molecule has 0 unspecified atom stereocenters. The van der Waals surface area contributed by atoms with E-state index in [1.807, 2.05) is 6.92 Å². The predicted molar refractivity (Wildman–Crippen MR) is 79.9 cm³/mol. The number of aromatic nitrogens is 3. The molecule has 0 amide bonds. The molecule has 1 saturated heterocycles. The van der Waals surface area contributed by atoms with E-state index in [9.17, 15) is 10.2 Å². The number of nitrogens with one attached hydrogen (secondary N) is 2. The molecule has 9 heteroatoms. The quantitative estimate of drug-likeness (QED) is 0.327. The van der Waals surface area contributed by atoms with Crippen LogP contribution in [0.2, 0.25) is 0 Å². The first-order chi connectivity index (χ1) is 10.2. The number of hydrogen-bond acceptors (Lipinski definition) is 9. The van der Waals surface area contributed by atoms with Gasteiger partial charge in [-0.3, -0.25) is 5.43 Å². The highest BCUT2D eigenvalue weighted by Crippen LogP contribution is 2.21. The number of hydrazine groups is 1. The summed E-state index contributed by atoms with van der Waals surface area (Å²) >= 11 is 0. The molecule has 6 N–H and O–H groups in total. The Morgan fingerprint density at radius 1 is 1.14 bits per heavy atom. The van der Waals surface area contributed by atoms with Crippen molar-refractivity contribution in [2.24, 2.45) is 5.84 Å². The standard InChI is InChI=1S/C12H23N7O2/c1-2-12(7-20,8-21)17-9-14-10(18-13)16-11(15-9)19-5-3-4-6-19/h20-21H,2-8,13H2,1H3,(H2,14,15,16,17,18). The van der Waals surface area contributed by atoms with Gasteiger partial charge < -0.3 is 20.4 Å². The van der Waals surface area contributed by atoms with E-state index in [1.165, 1.54) is 0 Å². The Hall–Kier alpha value is -1.71. The van der Waals surface area contributed by atoms with Crippen molar-refractivity contribution in [2.75, 3.05) is 41.9 Å². The maximum Gasteiger partial charge on any atom is 0.243 e. The van der Waals surface area contributed by atoms with Gasteiger partial charge in [0.05, 0.1) is 18.8 Å². The summed E-state index contributed by atoms with van der Waals surface area (Å²) in [5.41, 5.74) is 1.55. The molecule has 0 radical (unpaired) electrons. The number of hydrogen-bond donors (Lipinski definition) is 5. The Morgan fingerprint density at radius 3 is 2.29 bits per heavy atom. The zero-order valence-corrected chi connectivity index (χ0v) is 12.2. The highest BCUT2D eigenvalue weighted by molar-refractivity contribution is 5.45. The SMILES string of the molecule is CCC(CO)(CO)Nc1nc(NN)nc(N2CCCC2)n1. The van der Waals surface area contributed by atoms with Gasteiger partial charge in [-0.05, 0) is 19.3 Å². The van der Waals surface area contributed by atoms with Crippen LogP contribution in [0.1, 0.15) is 26.2 Å². The monoisotopic (exact) mass is 297 g/mol. The largest absolute Gasteiger partial charge is 0.394 e. The first-order valence-electron chi connectivity index (χ1n) is 7.14. The van der Waals surface area contributed by atoms with Crippen molar-refractivity contribution in [1.82, 2.24) is 15.0 Å². The molecular formula is C12H23N7O2. The van der Waals surface area contributed by atoms with Crippen LogP contribution in [0.3, 0.4) is 0 Å². The lowest BCUT2D eigenvalue weighted by Crippen LogP contribution is -2.45. The molecule has 2 heterocycles. The van der Waals surface area contributed by atoms with E-state index in [0.29, 0.717) is 12.4 Å². The van der Waals surface area contributed by atoms with E-state index >= 15 is 0 Å². The molecule has 0 spiro atoms. The Bertz CT molecular complexity index is 453. The molecule has 0 atom stereocenters. The van der Waals surface area contributed by atoms with Crippen LogP contribution in [0.4, 0.5) is 17.8 Å². The summed E-state index contributed by atoms with van der Waals surface area (Å²) < 4.78 is 0. The van der Waals surface area contributed by atoms with Crippen molar-refractivity contribution < 1.29 is 10.2 Å². The summed E-state index contributed by atoms with van der Waals surface area (Å²) in [6, 6.07) is 0. The van der Waals surface area contributed by atoms with E-state index in [-0.39, 0.29) is 25.1 Å². The van der Waals surface area contributed by atoms with Gasteiger partial charge in [0.1, 0.15) is 0 Å². The number of anilines is 3. The van der Waals surface area contributed by atoms with Crippen LogP contribution >= 0.6 is 0 Å². The molecule has 118 valence electrons. The van der Waals surface area contributed by atoms with E-state index in [2.05, 4.69) is 30.6 Å². The first-order valence-corrected chi connectivity index (χ1v) is 7.14. The molecule has 1 aliphatic rings. The highest BCUT2D eigenvalue weighted by atomic mass is 16.3. The lowest BCUT2D eigenvalue weighted by atomic mass is 9.99. The minimum absolute atomic E-state index is 0.226. The lowest BCUT2D eigenvalue weighted by molar-refractivity contribution is 0.132. The zero-order valence-electron chi connectivity index (χ0n) is 12.2. The van der Waals surface area contributed by atoms with Gasteiger partial charge in [-0.25, -0.2) is 5.84 Å². The number of nitrogens with zero attached hydrogens (tertiary/aromatic N) is 4. The van der Waals surface area contributed by atoms with Crippen LogP contribution < -0.4 is 21.5 Å². The molecule has 1 aromatic heterocycles. The average Bonchev–Trinajstić information content (AvgIpc) is 3.07. The summed E-state index contributed by atoms with van der Waals surface area (Å²) in [4.78, 5) is 14.8. The number of nitrogen functional groups attached to an aromatic ring is 1. The second-order valence-electron chi connectivity index (χ2n) is 5.20. The smallest absolute Gasteiger partial charge is 0.243 e. The minimum Gasteiger partial charge on any atom is -0.394 e. The van der Waals surface area contributed by atoms with Crippen LogP contribution in [-0.4, -0.2) is 57.0 Å².